The summed E-state index contributed by atoms with van der Waals surface area (Å²) < 4.78 is 23.1. The van der Waals surface area contributed by atoms with E-state index in [9.17, 15) is 18.5 Å². The quantitative estimate of drug-likeness (QED) is 0.436. The maximum atomic E-state index is 11.6. The van der Waals surface area contributed by atoms with Crippen LogP contribution in [0.15, 0.2) is 23.1 Å². The normalized spacial score (nSPS) is 11.3. The fourth-order valence-electron chi connectivity index (χ4n) is 1.14. The SMILES string of the molecule is Nc1ccc([N+](=O)[O-])cc1S(=O)(=O)CCO. The molecule has 0 unspecified atom stereocenters. The Morgan fingerprint density at radius 2 is 2.06 bits per heavy atom. The van der Waals surface area contributed by atoms with Gasteiger partial charge in [0, 0.05) is 12.1 Å². The molecule has 0 bridgehead atoms. The Balaban J connectivity index is 3.33. The van der Waals surface area contributed by atoms with Crippen molar-refractivity contribution in [2.24, 2.45) is 0 Å². The molecule has 88 valence electrons. The van der Waals surface area contributed by atoms with Gasteiger partial charge in [0.2, 0.25) is 0 Å². The summed E-state index contributed by atoms with van der Waals surface area (Å²) in [5, 5.41) is 19.0. The number of nitrogens with two attached hydrogens (primary N) is 1. The number of aliphatic hydroxyl groups excluding tert-OH is 1. The zero-order valence-electron chi connectivity index (χ0n) is 8.16. The average molecular weight is 246 g/mol. The van der Waals surface area contributed by atoms with E-state index in [2.05, 4.69) is 0 Å². The number of aliphatic hydroxyl groups is 1. The molecule has 0 aliphatic heterocycles. The van der Waals surface area contributed by atoms with Gasteiger partial charge in [-0.2, -0.15) is 0 Å². The van der Waals surface area contributed by atoms with Gasteiger partial charge in [0.05, 0.1) is 27.9 Å². The highest BCUT2D eigenvalue weighted by Crippen LogP contribution is 2.24. The van der Waals surface area contributed by atoms with Gasteiger partial charge in [-0.25, -0.2) is 8.42 Å². The second-order valence-electron chi connectivity index (χ2n) is 3.02. The second-order valence-corrected chi connectivity index (χ2v) is 5.10. The number of nitro groups is 1. The van der Waals surface area contributed by atoms with E-state index in [0.29, 0.717) is 0 Å². The maximum Gasteiger partial charge on any atom is 0.270 e. The Kier molecular flexibility index (Phi) is 3.45. The second kappa shape index (κ2) is 4.45. The van der Waals surface area contributed by atoms with Crippen LogP contribution in [-0.4, -0.2) is 30.8 Å². The van der Waals surface area contributed by atoms with Gasteiger partial charge in [0.15, 0.2) is 9.84 Å². The highest BCUT2D eigenvalue weighted by Gasteiger charge is 2.20. The number of sulfone groups is 1. The molecule has 0 heterocycles. The van der Waals surface area contributed by atoms with Crippen molar-refractivity contribution in [1.82, 2.24) is 0 Å². The van der Waals surface area contributed by atoms with Crippen molar-refractivity contribution in [2.45, 2.75) is 4.90 Å². The Bertz CT molecular complexity index is 511. The number of nitrogen functional groups attached to an aromatic ring is 1. The molecular weight excluding hydrogens is 236 g/mol. The van der Waals surface area contributed by atoms with Crippen molar-refractivity contribution < 1.29 is 18.4 Å². The Morgan fingerprint density at radius 3 is 2.56 bits per heavy atom. The van der Waals surface area contributed by atoms with Crippen LogP contribution in [-0.2, 0) is 9.84 Å². The standard InChI is InChI=1S/C8H10N2O5S/c9-7-2-1-6(10(12)13)5-8(7)16(14,15)4-3-11/h1-2,5,11H,3-4,9H2. The van der Waals surface area contributed by atoms with Crippen LogP contribution in [0.25, 0.3) is 0 Å². The molecule has 0 atom stereocenters. The molecule has 0 radical (unpaired) electrons. The Hall–Kier alpha value is -1.67. The van der Waals surface area contributed by atoms with Gasteiger partial charge in [0.1, 0.15) is 0 Å². The number of nitrogens with zero attached hydrogens (tertiary/aromatic N) is 1. The predicted molar refractivity (Wildman–Crippen MR) is 56.6 cm³/mol. The minimum Gasteiger partial charge on any atom is -0.398 e. The van der Waals surface area contributed by atoms with Crippen LogP contribution in [0.4, 0.5) is 11.4 Å². The number of rotatable bonds is 4. The molecule has 1 rings (SSSR count). The highest BCUT2D eigenvalue weighted by atomic mass is 32.2. The number of hydrogen-bond acceptors (Lipinski definition) is 6. The van der Waals surface area contributed by atoms with E-state index in [-0.39, 0.29) is 16.3 Å². The van der Waals surface area contributed by atoms with Gasteiger partial charge in [-0.05, 0) is 6.07 Å². The van der Waals surface area contributed by atoms with Gasteiger partial charge in [0.25, 0.3) is 5.69 Å². The molecular formula is C8H10N2O5S. The molecule has 0 aliphatic carbocycles. The van der Waals surface area contributed by atoms with E-state index < -0.39 is 27.1 Å². The fraction of sp³-hybridized carbons (Fsp3) is 0.250. The van der Waals surface area contributed by atoms with E-state index in [1.165, 1.54) is 0 Å². The van der Waals surface area contributed by atoms with E-state index in [1.54, 1.807) is 0 Å². The maximum absolute atomic E-state index is 11.6. The summed E-state index contributed by atoms with van der Waals surface area (Å²) in [5.74, 6) is -0.516. The van der Waals surface area contributed by atoms with Crippen LogP contribution < -0.4 is 5.73 Å². The summed E-state index contributed by atoms with van der Waals surface area (Å²) in [7, 11) is -3.78. The Labute approximate surface area is 91.6 Å². The molecule has 0 saturated carbocycles. The van der Waals surface area contributed by atoms with Crippen molar-refractivity contribution in [3.63, 3.8) is 0 Å². The van der Waals surface area contributed by atoms with Gasteiger partial charge in [-0.3, -0.25) is 10.1 Å². The predicted octanol–water partition coefficient (Wildman–Crippen LogP) is -0.0570. The lowest BCUT2D eigenvalue weighted by Gasteiger charge is -2.05. The molecule has 7 nitrogen and oxygen atoms in total. The van der Waals surface area contributed by atoms with E-state index in [1.807, 2.05) is 0 Å². The first-order valence-electron chi connectivity index (χ1n) is 4.26. The molecule has 0 fully saturated rings. The monoisotopic (exact) mass is 246 g/mol. The third-order valence-electron chi connectivity index (χ3n) is 1.90. The summed E-state index contributed by atoms with van der Waals surface area (Å²) in [5.41, 5.74) is 5.00. The van der Waals surface area contributed by atoms with Crippen LogP contribution in [0.2, 0.25) is 0 Å². The first kappa shape index (κ1) is 12.4. The fourth-order valence-corrected chi connectivity index (χ4v) is 2.32. The summed E-state index contributed by atoms with van der Waals surface area (Å²) in [6.07, 6.45) is 0. The molecule has 0 spiro atoms. The Morgan fingerprint density at radius 1 is 1.44 bits per heavy atom. The molecule has 0 saturated heterocycles. The van der Waals surface area contributed by atoms with E-state index >= 15 is 0 Å². The zero-order valence-corrected chi connectivity index (χ0v) is 8.98. The molecule has 0 aliphatic rings. The van der Waals surface area contributed by atoms with Gasteiger partial charge >= 0.3 is 0 Å². The van der Waals surface area contributed by atoms with Crippen LogP contribution in [0.3, 0.4) is 0 Å². The van der Waals surface area contributed by atoms with Crippen LogP contribution >= 0.6 is 0 Å². The minimum absolute atomic E-state index is 0.0703. The summed E-state index contributed by atoms with van der Waals surface area (Å²) in [4.78, 5) is 9.44. The molecule has 16 heavy (non-hydrogen) atoms. The zero-order chi connectivity index (χ0) is 12.3. The largest absolute Gasteiger partial charge is 0.398 e. The first-order valence-corrected chi connectivity index (χ1v) is 5.91. The lowest BCUT2D eigenvalue weighted by molar-refractivity contribution is -0.385. The molecule has 1 aromatic rings. The smallest absolute Gasteiger partial charge is 0.270 e. The van der Waals surface area contributed by atoms with E-state index in [0.717, 1.165) is 18.2 Å². The van der Waals surface area contributed by atoms with Crippen LogP contribution in [0.1, 0.15) is 0 Å². The van der Waals surface area contributed by atoms with Gasteiger partial charge in [-0.15, -0.1) is 0 Å². The topological polar surface area (TPSA) is 124 Å². The van der Waals surface area contributed by atoms with Gasteiger partial charge < -0.3 is 10.8 Å². The lowest BCUT2D eigenvalue weighted by Crippen LogP contribution is -2.12. The van der Waals surface area contributed by atoms with E-state index in [4.69, 9.17) is 10.8 Å². The number of hydrogen-bond donors (Lipinski definition) is 2. The molecule has 0 amide bonds. The minimum atomic E-state index is -3.78. The molecule has 3 N–H and O–H groups in total. The molecule has 0 aromatic heterocycles. The molecule has 1 aromatic carbocycles. The van der Waals surface area contributed by atoms with Crippen molar-refractivity contribution in [1.29, 1.82) is 0 Å². The number of benzene rings is 1. The van der Waals surface area contributed by atoms with Gasteiger partial charge in [-0.1, -0.05) is 0 Å². The third-order valence-corrected chi connectivity index (χ3v) is 3.65. The average Bonchev–Trinajstić information content (AvgIpc) is 2.17. The van der Waals surface area contributed by atoms with Crippen molar-refractivity contribution >= 4 is 21.2 Å². The summed E-state index contributed by atoms with van der Waals surface area (Å²) in [6, 6.07) is 3.16. The molecule has 8 heteroatoms. The van der Waals surface area contributed by atoms with Crippen molar-refractivity contribution in [3.8, 4) is 0 Å². The number of non-ortho nitro benzene ring substituents is 1. The summed E-state index contributed by atoms with van der Waals surface area (Å²) >= 11 is 0. The van der Waals surface area contributed by atoms with Crippen molar-refractivity contribution in [2.75, 3.05) is 18.1 Å². The third kappa shape index (κ3) is 2.47. The number of anilines is 1. The van der Waals surface area contributed by atoms with Crippen LogP contribution in [0, 0.1) is 10.1 Å². The highest BCUT2D eigenvalue weighted by molar-refractivity contribution is 7.91. The summed E-state index contributed by atoms with van der Waals surface area (Å²) in [6.45, 7) is -0.565. The first-order chi connectivity index (χ1) is 7.38. The van der Waals surface area contributed by atoms with Crippen molar-refractivity contribution in [3.05, 3.63) is 28.3 Å². The van der Waals surface area contributed by atoms with Crippen LogP contribution in [0.5, 0.6) is 0 Å². The number of nitro benzene ring substituents is 1. The lowest BCUT2D eigenvalue weighted by atomic mass is 10.3.